The van der Waals surface area contributed by atoms with E-state index in [9.17, 15) is 22.4 Å². The van der Waals surface area contributed by atoms with Gasteiger partial charge in [0.15, 0.2) is 0 Å². The highest BCUT2D eigenvalue weighted by molar-refractivity contribution is 5.90. The fourth-order valence-corrected chi connectivity index (χ4v) is 1.22. The SMILES string of the molecule is CON(C)C(=O)N(N)c1ccc(F)c(C(F)(F)F)c1.Cl. The quantitative estimate of drug-likeness (QED) is 0.395. The Hall–Kier alpha value is -1.58. The first kappa shape index (κ1) is 18.4. The van der Waals surface area contributed by atoms with E-state index in [0.29, 0.717) is 22.2 Å². The molecule has 0 atom stereocenters. The first-order chi connectivity index (χ1) is 8.68. The van der Waals surface area contributed by atoms with Crippen LogP contribution in [0.25, 0.3) is 0 Å². The average molecular weight is 318 g/mol. The summed E-state index contributed by atoms with van der Waals surface area (Å²) in [7, 11) is 2.40. The second-order valence-corrected chi connectivity index (χ2v) is 3.49. The maximum Gasteiger partial charge on any atom is 0.419 e. The number of benzene rings is 1. The van der Waals surface area contributed by atoms with Crippen LogP contribution in [0.4, 0.5) is 28.0 Å². The molecular formula is C10H12ClF4N3O2. The van der Waals surface area contributed by atoms with E-state index in [1.807, 2.05) is 0 Å². The summed E-state index contributed by atoms with van der Waals surface area (Å²) < 4.78 is 50.6. The molecule has 0 saturated heterocycles. The largest absolute Gasteiger partial charge is 0.419 e. The summed E-state index contributed by atoms with van der Waals surface area (Å²) in [5.74, 6) is 3.90. The molecule has 0 aliphatic rings. The predicted molar refractivity (Wildman–Crippen MR) is 65.5 cm³/mol. The minimum absolute atomic E-state index is 0. The molecule has 0 aliphatic heterocycles. The number of carbonyl (C=O) groups excluding carboxylic acids is 1. The highest BCUT2D eigenvalue weighted by Crippen LogP contribution is 2.33. The van der Waals surface area contributed by atoms with Crippen molar-refractivity contribution in [1.29, 1.82) is 0 Å². The average Bonchev–Trinajstić information content (AvgIpc) is 2.35. The summed E-state index contributed by atoms with van der Waals surface area (Å²) in [6, 6.07) is 1.06. The Bertz CT molecular complexity index is 484. The van der Waals surface area contributed by atoms with Gasteiger partial charge in [0.1, 0.15) is 5.82 Å². The number of hydrazine groups is 1. The number of hydroxylamine groups is 2. The Kier molecular flexibility index (Phi) is 6.20. The molecule has 0 bridgehead atoms. The number of anilines is 1. The Morgan fingerprint density at radius 1 is 1.35 bits per heavy atom. The molecule has 0 saturated carbocycles. The number of halogens is 5. The van der Waals surface area contributed by atoms with E-state index >= 15 is 0 Å². The van der Waals surface area contributed by atoms with Crippen LogP contribution in [-0.2, 0) is 11.0 Å². The van der Waals surface area contributed by atoms with Gasteiger partial charge >= 0.3 is 12.2 Å². The van der Waals surface area contributed by atoms with E-state index in [1.54, 1.807) is 0 Å². The van der Waals surface area contributed by atoms with Gasteiger partial charge in [-0.25, -0.2) is 25.1 Å². The lowest BCUT2D eigenvalue weighted by atomic mass is 10.2. The third kappa shape index (κ3) is 3.95. The molecule has 2 amide bonds. The van der Waals surface area contributed by atoms with Crippen LogP contribution < -0.4 is 10.9 Å². The van der Waals surface area contributed by atoms with Gasteiger partial charge in [0.25, 0.3) is 0 Å². The van der Waals surface area contributed by atoms with Gasteiger partial charge in [-0.05, 0) is 18.2 Å². The summed E-state index contributed by atoms with van der Waals surface area (Å²) in [5, 5.41) is 1.12. The molecule has 1 rings (SSSR count). The number of amides is 2. The number of nitrogens with two attached hydrogens (primary N) is 1. The maximum atomic E-state index is 13.1. The molecule has 1 aromatic rings. The molecule has 114 valence electrons. The summed E-state index contributed by atoms with van der Waals surface area (Å²) in [6.07, 6.45) is -4.88. The van der Waals surface area contributed by atoms with E-state index in [2.05, 4.69) is 4.84 Å². The molecular weight excluding hydrogens is 306 g/mol. The van der Waals surface area contributed by atoms with Crippen molar-refractivity contribution in [1.82, 2.24) is 5.06 Å². The lowest BCUT2D eigenvalue weighted by Crippen LogP contribution is -2.45. The number of alkyl halides is 3. The number of hydrogen-bond donors (Lipinski definition) is 1. The van der Waals surface area contributed by atoms with Gasteiger partial charge in [-0.1, -0.05) is 0 Å². The highest BCUT2D eigenvalue weighted by atomic mass is 35.5. The summed E-state index contributed by atoms with van der Waals surface area (Å²) in [6.45, 7) is 0. The maximum absolute atomic E-state index is 13.1. The molecule has 10 heteroatoms. The van der Waals surface area contributed by atoms with Gasteiger partial charge in [-0.3, -0.25) is 4.84 Å². The van der Waals surface area contributed by atoms with Crippen LogP contribution in [0.3, 0.4) is 0 Å². The zero-order chi connectivity index (χ0) is 14.8. The molecule has 1 aromatic carbocycles. The topological polar surface area (TPSA) is 58.8 Å². The number of hydrogen-bond acceptors (Lipinski definition) is 3. The van der Waals surface area contributed by atoms with Crippen molar-refractivity contribution in [3.05, 3.63) is 29.6 Å². The Morgan fingerprint density at radius 3 is 2.35 bits per heavy atom. The van der Waals surface area contributed by atoms with Crippen LogP contribution in [0.15, 0.2) is 18.2 Å². The van der Waals surface area contributed by atoms with Gasteiger partial charge in [0.05, 0.1) is 18.4 Å². The van der Waals surface area contributed by atoms with Crippen molar-refractivity contribution in [3.63, 3.8) is 0 Å². The van der Waals surface area contributed by atoms with Crippen LogP contribution in [-0.4, -0.2) is 25.3 Å². The van der Waals surface area contributed by atoms with E-state index in [1.165, 1.54) is 14.2 Å². The van der Waals surface area contributed by atoms with Crippen LogP contribution in [0.2, 0.25) is 0 Å². The minimum atomic E-state index is -4.88. The monoisotopic (exact) mass is 317 g/mol. The molecule has 0 heterocycles. The van der Waals surface area contributed by atoms with Crippen molar-refractivity contribution >= 4 is 24.1 Å². The summed E-state index contributed by atoms with van der Waals surface area (Å²) in [4.78, 5) is 16.1. The van der Waals surface area contributed by atoms with E-state index in [0.717, 1.165) is 6.07 Å². The molecule has 5 nitrogen and oxygen atoms in total. The number of urea groups is 1. The van der Waals surface area contributed by atoms with Gasteiger partial charge in [0.2, 0.25) is 0 Å². The lowest BCUT2D eigenvalue weighted by Gasteiger charge is -2.23. The number of nitrogens with zero attached hydrogens (tertiary/aromatic N) is 2. The van der Waals surface area contributed by atoms with Crippen LogP contribution in [0.1, 0.15) is 5.56 Å². The molecule has 0 aliphatic carbocycles. The highest BCUT2D eigenvalue weighted by Gasteiger charge is 2.35. The van der Waals surface area contributed by atoms with E-state index in [-0.39, 0.29) is 18.1 Å². The Morgan fingerprint density at radius 2 is 1.90 bits per heavy atom. The van der Waals surface area contributed by atoms with E-state index < -0.39 is 23.6 Å². The van der Waals surface area contributed by atoms with Crippen LogP contribution in [0.5, 0.6) is 0 Å². The second kappa shape index (κ2) is 6.73. The molecule has 0 unspecified atom stereocenters. The van der Waals surface area contributed by atoms with Gasteiger partial charge < -0.3 is 0 Å². The van der Waals surface area contributed by atoms with Gasteiger partial charge in [-0.2, -0.15) is 13.2 Å². The third-order valence-electron chi connectivity index (χ3n) is 2.28. The fraction of sp³-hybridized carbons (Fsp3) is 0.300. The molecule has 0 aromatic heterocycles. The first-order valence-electron chi connectivity index (χ1n) is 4.92. The Balaban J connectivity index is 0.00000361. The van der Waals surface area contributed by atoms with Crippen molar-refractivity contribution in [2.24, 2.45) is 5.84 Å². The Labute approximate surface area is 118 Å². The predicted octanol–water partition coefficient (Wildman–Crippen LogP) is 2.56. The number of carbonyl (C=O) groups is 1. The fourth-order valence-electron chi connectivity index (χ4n) is 1.22. The molecule has 0 spiro atoms. The normalized spacial score (nSPS) is 10.8. The zero-order valence-corrected chi connectivity index (χ0v) is 11.3. The van der Waals surface area contributed by atoms with Crippen molar-refractivity contribution in [2.45, 2.75) is 6.18 Å². The van der Waals surface area contributed by atoms with Crippen LogP contribution in [0, 0.1) is 5.82 Å². The van der Waals surface area contributed by atoms with Crippen molar-refractivity contribution in [3.8, 4) is 0 Å². The zero-order valence-electron chi connectivity index (χ0n) is 10.4. The number of rotatable bonds is 2. The van der Waals surface area contributed by atoms with Crippen molar-refractivity contribution in [2.75, 3.05) is 19.2 Å². The van der Waals surface area contributed by atoms with Crippen molar-refractivity contribution < 1.29 is 27.2 Å². The van der Waals surface area contributed by atoms with E-state index in [4.69, 9.17) is 5.84 Å². The van der Waals surface area contributed by atoms with Gasteiger partial charge in [-0.15, -0.1) is 12.4 Å². The van der Waals surface area contributed by atoms with Crippen LogP contribution >= 0.6 is 12.4 Å². The molecule has 20 heavy (non-hydrogen) atoms. The lowest BCUT2D eigenvalue weighted by molar-refractivity contribution is -0.139. The standard InChI is InChI=1S/C10H11F4N3O2.ClH/c1-16(19-2)9(18)17(15)6-3-4-8(11)7(5-6)10(12,13)14;/h3-5H,15H2,1-2H3;1H. The minimum Gasteiger partial charge on any atom is -0.273 e. The first-order valence-corrected chi connectivity index (χ1v) is 4.92. The molecule has 2 N–H and O–H groups in total. The second-order valence-electron chi connectivity index (χ2n) is 3.49. The summed E-state index contributed by atoms with van der Waals surface area (Å²) >= 11 is 0. The third-order valence-corrected chi connectivity index (χ3v) is 2.28. The molecule has 0 radical (unpaired) electrons. The summed E-state index contributed by atoms with van der Waals surface area (Å²) in [5.41, 5.74) is -1.82. The molecule has 0 fully saturated rings. The van der Waals surface area contributed by atoms with Gasteiger partial charge in [0, 0.05) is 7.05 Å². The smallest absolute Gasteiger partial charge is 0.273 e.